The molecule has 2 heteroatoms. The van der Waals surface area contributed by atoms with E-state index in [1.165, 1.54) is 5.56 Å². The molecule has 1 aromatic carbocycles. The predicted molar refractivity (Wildman–Crippen MR) is 64.0 cm³/mol. The van der Waals surface area contributed by atoms with Gasteiger partial charge in [0.25, 0.3) is 0 Å². The van der Waals surface area contributed by atoms with E-state index < -0.39 is 0 Å². The van der Waals surface area contributed by atoms with E-state index in [4.69, 9.17) is 10.5 Å². The lowest BCUT2D eigenvalue weighted by Crippen LogP contribution is -2.41. The minimum atomic E-state index is -0.230. The van der Waals surface area contributed by atoms with E-state index in [2.05, 4.69) is 32.9 Å². The Morgan fingerprint density at radius 2 is 1.80 bits per heavy atom. The highest BCUT2D eigenvalue weighted by Gasteiger charge is 2.28. The van der Waals surface area contributed by atoms with Crippen molar-refractivity contribution in [3.05, 3.63) is 29.8 Å². The standard InChI is InChI=1S/C13H21NO/c1-5-13(14,10(2)3)11-6-8-12(15-4)9-7-11/h6-10H,5,14H2,1-4H3. The SMILES string of the molecule is CCC(N)(c1ccc(OC)cc1)C(C)C. The van der Waals surface area contributed by atoms with Crippen LogP contribution in [-0.4, -0.2) is 7.11 Å². The maximum atomic E-state index is 6.41. The molecule has 0 radical (unpaired) electrons. The molecule has 0 heterocycles. The van der Waals surface area contributed by atoms with Gasteiger partial charge in [0.1, 0.15) is 5.75 Å². The Morgan fingerprint density at radius 3 is 2.13 bits per heavy atom. The van der Waals surface area contributed by atoms with Crippen molar-refractivity contribution in [2.24, 2.45) is 11.7 Å². The van der Waals surface area contributed by atoms with Crippen LogP contribution in [0.15, 0.2) is 24.3 Å². The first kappa shape index (κ1) is 12.1. The summed E-state index contributed by atoms with van der Waals surface area (Å²) >= 11 is 0. The summed E-state index contributed by atoms with van der Waals surface area (Å²) in [6.45, 7) is 6.45. The van der Waals surface area contributed by atoms with Gasteiger partial charge in [0.15, 0.2) is 0 Å². The molecule has 0 aliphatic carbocycles. The summed E-state index contributed by atoms with van der Waals surface area (Å²) in [4.78, 5) is 0. The Balaban J connectivity index is 3.03. The molecule has 0 saturated carbocycles. The topological polar surface area (TPSA) is 35.2 Å². The highest BCUT2D eigenvalue weighted by molar-refractivity contribution is 5.32. The molecule has 0 spiro atoms. The number of benzene rings is 1. The van der Waals surface area contributed by atoms with Crippen LogP contribution < -0.4 is 10.5 Å². The first-order valence-corrected chi connectivity index (χ1v) is 5.48. The molecule has 0 fully saturated rings. The van der Waals surface area contributed by atoms with Gasteiger partial charge in [-0.1, -0.05) is 32.9 Å². The summed E-state index contributed by atoms with van der Waals surface area (Å²) in [5.41, 5.74) is 7.36. The van der Waals surface area contributed by atoms with Crippen molar-refractivity contribution in [1.29, 1.82) is 0 Å². The van der Waals surface area contributed by atoms with Gasteiger partial charge in [-0.25, -0.2) is 0 Å². The monoisotopic (exact) mass is 207 g/mol. The second-order valence-corrected chi connectivity index (χ2v) is 4.28. The number of rotatable bonds is 4. The molecule has 0 saturated heterocycles. The lowest BCUT2D eigenvalue weighted by Gasteiger charge is -2.33. The second kappa shape index (κ2) is 4.67. The maximum Gasteiger partial charge on any atom is 0.118 e. The predicted octanol–water partition coefficient (Wildman–Crippen LogP) is 2.92. The van der Waals surface area contributed by atoms with Crippen molar-refractivity contribution < 1.29 is 4.74 Å². The number of hydrogen-bond acceptors (Lipinski definition) is 2. The van der Waals surface area contributed by atoms with Crippen molar-refractivity contribution >= 4 is 0 Å². The molecular formula is C13H21NO. The lowest BCUT2D eigenvalue weighted by molar-refractivity contribution is 0.305. The zero-order valence-electron chi connectivity index (χ0n) is 10.1. The van der Waals surface area contributed by atoms with E-state index in [-0.39, 0.29) is 5.54 Å². The first-order chi connectivity index (χ1) is 7.04. The Kier molecular flexibility index (Phi) is 3.75. The molecule has 1 rings (SSSR count). The van der Waals surface area contributed by atoms with E-state index >= 15 is 0 Å². The van der Waals surface area contributed by atoms with Crippen molar-refractivity contribution in [2.45, 2.75) is 32.7 Å². The van der Waals surface area contributed by atoms with Crippen LogP contribution in [0.1, 0.15) is 32.8 Å². The molecule has 1 aromatic rings. The van der Waals surface area contributed by atoms with Crippen LogP contribution in [0, 0.1) is 5.92 Å². The van der Waals surface area contributed by atoms with Gasteiger partial charge in [0.2, 0.25) is 0 Å². The van der Waals surface area contributed by atoms with Gasteiger partial charge in [0.05, 0.1) is 7.11 Å². The van der Waals surface area contributed by atoms with E-state index in [0.29, 0.717) is 5.92 Å². The Hall–Kier alpha value is -1.02. The van der Waals surface area contributed by atoms with Gasteiger partial charge in [0, 0.05) is 5.54 Å². The molecule has 1 unspecified atom stereocenters. The quantitative estimate of drug-likeness (QED) is 0.824. The second-order valence-electron chi connectivity index (χ2n) is 4.28. The average Bonchev–Trinajstić information content (AvgIpc) is 2.28. The third kappa shape index (κ3) is 2.32. The Morgan fingerprint density at radius 1 is 1.27 bits per heavy atom. The summed E-state index contributed by atoms with van der Waals surface area (Å²) in [7, 11) is 1.67. The fraction of sp³-hybridized carbons (Fsp3) is 0.538. The maximum absolute atomic E-state index is 6.41. The minimum absolute atomic E-state index is 0.230. The van der Waals surface area contributed by atoms with Crippen molar-refractivity contribution in [1.82, 2.24) is 0 Å². The third-order valence-corrected chi connectivity index (χ3v) is 3.24. The smallest absolute Gasteiger partial charge is 0.118 e. The molecule has 84 valence electrons. The first-order valence-electron chi connectivity index (χ1n) is 5.48. The molecule has 1 atom stereocenters. The van der Waals surface area contributed by atoms with Gasteiger partial charge < -0.3 is 10.5 Å². The summed E-state index contributed by atoms with van der Waals surface area (Å²) in [6.07, 6.45) is 0.941. The van der Waals surface area contributed by atoms with Gasteiger partial charge >= 0.3 is 0 Å². The molecular weight excluding hydrogens is 186 g/mol. The van der Waals surface area contributed by atoms with Crippen LogP contribution in [0.3, 0.4) is 0 Å². The Labute approximate surface area is 92.4 Å². The van der Waals surface area contributed by atoms with Crippen molar-refractivity contribution in [3.8, 4) is 5.75 Å². The van der Waals surface area contributed by atoms with E-state index in [1.807, 2.05) is 12.1 Å². The zero-order valence-corrected chi connectivity index (χ0v) is 10.1. The molecule has 15 heavy (non-hydrogen) atoms. The molecule has 0 aliphatic rings. The third-order valence-electron chi connectivity index (χ3n) is 3.24. The average molecular weight is 207 g/mol. The molecule has 2 nitrogen and oxygen atoms in total. The number of methoxy groups -OCH3 is 1. The largest absolute Gasteiger partial charge is 0.497 e. The van der Waals surface area contributed by atoms with Gasteiger partial charge in [-0.2, -0.15) is 0 Å². The number of nitrogens with two attached hydrogens (primary N) is 1. The fourth-order valence-electron chi connectivity index (χ4n) is 1.85. The zero-order chi connectivity index (χ0) is 11.5. The molecule has 0 aliphatic heterocycles. The molecule has 2 N–H and O–H groups in total. The molecule has 0 aromatic heterocycles. The van der Waals surface area contributed by atoms with E-state index in [9.17, 15) is 0 Å². The van der Waals surface area contributed by atoms with Crippen LogP contribution in [0.4, 0.5) is 0 Å². The number of hydrogen-bond donors (Lipinski definition) is 1. The highest BCUT2D eigenvalue weighted by atomic mass is 16.5. The highest BCUT2D eigenvalue weighted by Crippen LogP contribution is 2.31. The summed E-state index contributed by atoms with van der Waals surface area (Å²) in [6, 6.07) is 8.05. The number of ether oxygens (including phenoxy) is 1. The van der Waals surface area contributed by atoms with Crippen LogP contribution in [0.5, 0.6) is 5.75 Å². The van der Waals surface area contributed by atoms with Crippen molar-refractivity contribution in [3.63, 3.8) is 0 Å². The van der Waals surface area contributed by atoms with Gasteiger partial charge in [-0.15, -0.1) is 0 Å². The van der Waals surface area contributed by atoms with Gasteiger partial charge in [-0.3, -0.25) is 0 Å². The van der Waals surface area contributed by atoms with Crippen molar-refractivity contribution in [2.75, 3.05) is 7.11 Å². The van der Waals surface area contributed by atoms with Crippen LogP contribution in [0.25, 0.3) is 0 Å². The van der Waals surface area contributed by atoms with Crippen LogP contribution in [-0.2, 0) is 5.54 Å². The normalized spacial score (nSPS) is 15.1. The van der Waals surface area contributed by atoms with E-state index in [1.54, 1.807) is 7.11 Å². The van der Waals surface area contributed by atoms with Gasteiger partial charge in [-0.05, 0) is 30.0 Å². The summed E-state index contributed by atoms with van der Waals surface area (Å²) < 4.78 is 5.14. The van der Waals surface area contributed by atoms with E-state index in [0.717, 1.165) is 12.2 Å². The van der Waals surface area contributed by atoms with Crippen LogP contribution >= 0.6 is 0 Å². The Bertz CT molecular complexity index is 305. The summed E-state index contributed by atoms with van der Waals surface area (Å²) in [5, 5.41) is 0. The molecule has 0 amide bonds. The van der Waals surface area contributed by atoms with Crippen LogP contribution in [0.2, 0.25) is 0 Å². The fourth-order valence-corrected chi connectivity index (χ4v) is 1.85. The minimum Gasteiger partial charge on any atom is -0.497 e. The summed E-state index contributed by atoms with van der Waals surface area (Å²) in [5.74, 6) is 1.30. The lowest BCUT2D eigenvalue weighted by atomic mass is 9.79. The molecule has 0 bridgehead atoms.